The predicted octanol–water partition coefficient (Wildman–Crippen LogP) is 4.44. The van der Waals surface area contributed by atoms with E-state index in [2.05, 4.69) is 31.3 Å². The van der Waals surface area contributed by atoms with E-state index in [-0.39, 0.29) is 17.2 Å². The maximum atomic E-state index is 13.6. The van der Waals surface area contributed by atoms with Crippen molar-refractivity contribution in [2.24, 2.45) is 5.92 Å². The number of carbonyl (C=O) groups excluding carboxylic acids is 1. The zero-order valence-electron chi connectivity index (χ0n) is 18.1. The van der Waals surface area contributed by atoms with Crippen molar-refractivity contribution in [3.8, 4) is 0 Å². The van der Waals surface area contributed by atoms with Crippen LogP contribution in [-0.4, -0.2) is 27.8 Å². The fourth-order valence-corrected chi connectivity index (χ4v) is 6.07. The number of hydrogen-bond donors (Lipinski definition) is 1. The second kappa shape index (κ2) is 10.0. The number of fused-ring (bicyclic) bond motifs is 3. The number of nitrogens with zero attached hydrogens (tertiary/aromatic N) is 2. The Morgan fingerprint density at radius 1 is 1.23 bits per heavy atom. The number of aromatic nitrogens is 2. The largest absolute Gasteiger partial charge is 0.355 e. The minimum Gasteiger partial charge on any atom is -0.355 e. The lowest BCUT2D eigenvalue weighted by molar-refractivity contribution is -0.118. The fraction of sp³-hybridized carbons (Fsp3) is 0.458. The highest BCUT2D eigenvalue weighted by atomic mass is 32.2. The zero-order chi connectivity index (χ0) is 21.8. The van der Waals surface area contributed by atoms with Crippen molar-refractivity contribution in [1.29, 1.82) is 0 Å². The van der Waals surface area contributed by atoms with E-state index in [0.717, 1.165) is 35.9 Å². The summed E-state index contributed by atoms with van der Waals surface area (Å²) in [6, 6.07) is 10.2. The average molecular weight is 456 g/mol. The van der Waals surface area contributed by atoms with Crippen LogP contribution in [0.1, 0.15) is 42.7 Å². The molecule has 1 N–H and O–H groups in total. The summed E-state index contributed by atoms with van der Waals surface area (Å²) in [5.41, 5.74) is 2.45. The first-order valence-corrected chi connectivity index (χ1v) is 12.8. The Labute approximate surface area is 191 Å². The van der Waals surface area contributed by atoms with Crippen molar-refractivity contribution in [3.63, 3.8) is 0 Å². The maximum absolute atomic E-state index is 13.6. The van der Waals surface area contributed by atoms with Gasteiger partial charge in [0, 0.05) is 18.0 Å². The molecule has 0 aliphatic heterocycles. The molecule has 0 saturated carbocycles. The monoisotopic (exact) mass is 455 g/mol. The Morgan fingerprint density at radius 2 is 2.00 bits per heavy atom. The average Bonchev–Trinajstić information content (AvgIpc) is 3.15. The minimum absolute atomic E-state index is 0.0203. The first-order chi connectivity index (χ1) is 15.0. The second-order valence-corrected chi connectivity index (χ2v) is 10.5. The number of amides is 1. The van der Waals surface area contributed by atoms with Crippen molar-refractivity contribution >= 4 is 39.2 Å². The molecule has 2 aromatic heterocycles. The normalized spacial score (nSPS) is 13.5. The third-order valence-corrected chi connectivity index (χ3v) is 7.71. The lowest BCUT2D eigenvalue weighted by atomic mass is 9.97. The lowest BCUT2D eigenvalue weighted by Gasteiger charge is -2.14. The fourth-order valence-electron chi connectivity index (χ4n) is 3.91. The van der Waals surface area contributed by atoms with Gasteiger partial charge in [-0.25, -0.2) is 4.98 Å². The smallest absolute Gasteiger partial charge is 0.263 e. The van der Waals surface area contributed by atoms with Crippen LogP contribution in [0.2, 0.25) is 0 Å². The molecule has 0 unspecified atom stereocenters. The molecule has 0 fully saturated rings. The summed E-state index contributed by atoms with van der Waals surface area (Å²) in [5, 5.41) is 4.40. The Balaban J connectivity index is 1.65. The van der Waals surface area contributed by atoms with E-state index in [4.69, 9.17) is 4.98 Å². The molecule has 31 heavy (non-hydrogen) atoms. The van der Waals surface area contributed by atoms with E-state index in [1.807, 2.05) is 18.2 Å². The van der Waals surface area contributed by atoms with E-state index < -0.39 is 0 Å². The Bertz CT molecular complexity index is 1120. The maximum Gasteiger partial charge on any atom is 0.263 e. The van der Waals surface area contributed by atoms with Gasteiger partial charge < -0.3 is 5.32 Å². The van der Waals surface area contributed by atoms with Gasteiger partial charge in [0.1, 0.15) is 4.83 Å². The van der Waals surface area contributed by atoms with Crippen molar-refractivity contribution < 1.29 is 4.79 Å². The summed E-state index contributed by atoms with van der Waals surface area (Å²) >= 11 is 3.02. The summed E-state index contributed by atoms with van der Waals surface area (Å²) < 4.78 is 1.79. The summed E-state index contributed by atoms with van der Waals surface area (Å²) in [5.74, 6) is 0.652. The lowest BCUT2D eigenvalue weighted by Crippen LogP contribution is -2.29. The number of aryl methyl sites for hydroxylation is 3. The van der Waals surface area contributed by atoms with E-state index in [9.17, 15) is 9.59 Å². The van der Waals surface area contributed by atoms with Crippen LogP contribution in [0.5, 0.6) is 0 Å². The Kier molecular flexibility index (Phi) is 7.13. The van der Waals surface area contributed by atoms with Gasteiger partial charge in [0.05, 0.1) is 11.1 Å². The van der Waals surface area contributed by atoms with Gasteiger partial charge in [0.25, 0.3) is 5.56 Å². The zero-order valence-corrected chi connectivity index (χ0v) is 19.8. The SMILES string of the molecule is CC(C)CNC(=O)CSc1nc2sc3c(c2c(=O)n1CCc1ccccc1)CCCC3. The van der Waals surface area contributed by atoms with Crippen LogP contribution < -0.4 is 10.9 Å². The van der Waals surface area contributed by atoms with E-state index in [1.54, 1.807) is 15.9 Å². The van der Waals surface area contributed by atoms with E-state index >= 15 is 0 Å². The molecule has 5 nitrogen and oxygen atoms in total. The minimum atomic E-state index is -0.0203. The predicted molar refractivity (Wildman–Crippen MR) is 129 cm³/mol. The molecule has 0 radical (unpaired) electrons. The molecule has 164 valence electrons. The van der Waals surface area contributed by atoms with Gasteiger partial charge in [0.15, 0.2) is 5.16 Å². The molecule has 1 aliphatic rings. The molecule has 0 atom stereocenters. The molecule has 1 aromatic carbocycles. The van der Waals surface area contributed by atoms with Crippen LogP contribution in [0.4, 0.5) is 0 Å². The summed E-state index contributed by atoms with van der Waals surface area (Å²) in [6.45, 7) is 5.36. The third kappa shape index (κ3) is 5.21. The van der Waals surface area contributed by atoms with Gasteiger partial charge in [-0.15, -0.1) is 11.3 Å². The van der Waals surface area contributed by atoms with Crippen LogP contribution in [0.15, 0.2) is 40.3 Å². The van der Waals surface area contributed by atoms with Crippen molar-refractivity contribution in [2.45, 2.75) is 57.7 Å². The topological polar surface area (TPSA) is 64.0 Å². The molecule has 0 saturated heterocycles. The number of thioether (sulfide) groups is 1. The number of carbonyl (C=O) groups is 1. The quantitative estimate of drug-likeness (QED) is 0.403. The van der Waals surface area contributed by atoms with Gasteiger partial charge >= 0.3 is 0 Å². The highest BCUT2D eigenvalue weighted by Gasteiger charge is 2.22. The van der Waals surface area contributed by atoms with Crippen LogP contribution in [0, 0.1) is 5.92 Å². The summed E-state index contributed by atoms with van der Waals surface area (Å²) in [7, 11) is 0. The van der Waals surface area contributed by atoms with Gasteiger partial charge in [-0.3, -0.25) is 14.2 Å². The molecule has 0 spiro atoms. The van der Waals surface area contributed by atoms with Gasteiger partial charge in [0.2, 0.25) is 5.91 Å². The molecule has 1 aliphatic carbocycles. The van der Waals surface area contributed by atoms with Crippen LogP contribution in [0.25, 0.3) is 10.2 Å². The van der Waals surface area contributed by atoms with E-state index in [1.165, 1.54) is 34.2 Å². The van der Waals surface area contributed by atoms with Crippen LogP contribution >= 0.6 is 23.1 Å². The molecule has 7 heteroatoms. The Hall–Kier alpha value is -2.12. The summed E-state index contributed by atoms with van der Waals surface area (Å²) in [6.07, 6.45) is 5.08. The van der Waals surface area contributed by atoms with Crippen molar-refractivity contribution in [2.75, 3.05) is 12.3 Å². The van der Waals surface area contributed by atoms with Gasteiger partial charge in [-0.1, -0.05) is 55.9 Å². The highest BCUT2D eigenvalue weighted by molar-refractivity contribution is 7.99. The molecular formula is C24H29N3O2S2. The number of thiophene rings is 1. The number of hydrogen-bond acceptors (Lipinski definition) is 5. The number of nitrogens with one attached hydrogen (secondary N) is 1. The molecule has 3 aromatic rings. The van der Waals surface area contributed by atoms with E-state index in [0.29, 0.717) is 24.2 Å². The number of rotatable bonds is 8. The molecule has 2 heterocycles. The Morgan fingerprint density at radius 3 is 2.77 bits per heavy atom. The van der Waals surface area contributed by atoms with Gasteiger partial charge in [-0.05, 0) is 49.1 Å². The third-order valence-electron chi connectivity index (χ3n) is 5.55. The first kappa shape index (κ1) is 22.1. The molecule has 1 amide bonds. The summed E-state index contributed by atoms with van der Waals surface area (Å²) in [4.78, 5) is 32.9. The molecule has 0 bridgehead atoms. The standard InChI is InChI=1S/C24H29N3O2S2/c1-16(2)14-25-20(28)15-30-24-26-22-21(18-10-6-7-11-19(18)31-22)23(29)27(24)13-12-17-8-4-3-5-9-17/h3-5,8-9,16H,6-7,10-15H2,1-2H3,(H,25,28). The van der Waals surface area contributed by atoms with Crippen LogP contribution in [-0.2, 0) is 30.6 Å². The molecular weight excluding hydrogens is 426 g/mol. The van der Waals surface area contributed by atoms with Crippen molar-refractivity contribution in [1.82, 2.24) is 14.9 Å². The van der Waals surface area contributed by atoms with Crippen LogP contribution in [0.3, 0.4) is 0 Å². The van der Waals surface area contributed by atoms with Gasteiger partial charge in [-0.2, -0.15) is 0 Å². The molecule has 4 rings (SSSR count). The second-order valence-electron chi connectivity index (χ2n) is 8.46. The van der Waals surface area contributed by atoms with Crippen molar-refractivity contribution in [3.05, 3.63) is 56.7 Å². The highest BCUT2D eigenvalue weighted by Crippen LogP contribution is 2.34. The number of benzene rings is 1. The first-order valence-electron chi connectivity index (χ1n) is 11.0.